The lowest BCUT2D eigenvalue weighted by Gasteiger charge is -2.03. The predicted octanol–water partition coefficient (Wildman–Crippen LogP) is -0.205. The van der Waals surface area contributed by atoms with Gasteiger partial charge in [0.25, 0.3) is 0 Å². The van der Waals surface area contributed by atoms with Gasteiger partial charge in [-0.25, -0.2) is 0 Å². The lowest BCUT2D eigenvalue weighted by molar-refractivity contribution is -0.142. The molecule has 0 saturated carbocycles. The zero-order valence-corrected chi connectivity index (χ0v) is 8.54. The summed E-state index contributed by atoms with van der Waals surface area (Å²) in [6.07, 6.45) is 1.99. The van der Waals surface area contributed by atoms with Crippen molar-refractivity contribution in [3.05, 3.63) is 0 Å². The second kappa shape index (κ2) is 8.50. The maximum atomic E-state index is 10.8. The van der Waals surface area contributed by atoms with Crippen molar-refractivity contribution < 1.29 is 14.3 Å². The molecule has 14 heavy (non-hydrogen) atoms. The van der Waals surface area contributed by atoms with Gasteiger partial charge in [-0.15, -0.1) is 0 Å². The van der Waals surface area contributed by atoms with Crippen molar-refractivity contribution in [2.24, 2.45) is 5.73 Å². The Morgan fingerprint density at radius 1 is 1.36 bits per heavy atom. The third-order valence-electron chi connectivity index (χ3n) is 1.60. The van der Waals surface area contributed by atoms with Crippen LogP contribution in [0.15, 0.2) is 0 Å². The Hall–Kier alpha value is -1.10. The second-order valence-corrected chi connectivity index (χ2v) is 2.91. The molecule has 0 aromatic rings. The van der Waals surface area contributed by atoms with E-state index in [-0.39, 0.29) is 18.4 Å². The Kier molecular flexibility index (Phi) is 7.83. The fourth-order valence-electron chi connectivity index (χ4n) is 0.952. The zero-order valence-electron chi connectivity index (χ0n) is 8.54. The van der Waals surface area contributed by atoms with Crippen molar-refractivity contribution in [2.45, 2.75) is 26.2 Å². The molecule has 0 aromatic carbocycles. The maximum Gasteiger partial charge on any atom is 0.319 e. The average molecular weight is 202 g/mol. The smallest absolute Gasteiger partial charge is 0.319 e. The largest absolute Gasteiger partial charge is 0.465 e. The number of carbonyl (C=O) groups is 2. The molecule has 0 spiro atoms. The molecule has 5 heteroatoms. The molecule has 0 bridgehead atoms. The van der Waals surface area contributed by atoms with Crippen LogP contribution in [0.2, 0.25) is 0 Å². The molecule has 0 aliphatic carbocycles. The lowest BCUT2D eigenvalue weighted by atomic mass is 10.2. The van der Waals surface area contributed by atoms with Crippen LogP contribution in [0.4, 0.5) is 0 Å². The number of rotatable bonds is 8. The normalized spacial score (nSPS) is 9.79. The van der Waals surface area contributed by atoms with E-state index >= 15 is 0 Å². The van der Waals surface area contributed by atoms with E-state index in [0.717, 1.165) is 12.8 Å². The summed E-state index contributed by atoms with van der Waals surface area (Å²) in [6, 6.07) is 0. The molecule has 0 saturated heterocycles. The van der Waals surface area contributed by atoms with Gasteiger partial charge in [0, 0.05) is 6.42 Å². The number of nitrogens with one attached hydrogen (secondary N) is 1. The SMILES string of the molecule is CCOC(=O)CNCCCCC(N)=O. The standard InChI is InChI=1S/C9H18N2O3/c1-2-14-9(13)7-11-6-4-3-5-8(10)12/h11H,2-7H2,1H3,(H2,10,12). The molecule has 0 unspecified atom stereocenters. The van der Waals surface area contributed by atoms with E-state index in [2.05, 4.69) is 5.32 Å². The van der Waals surface area contributed by atoms with Gasteiger partial charge in [0.2, 0.25) is 5.91 Å². The van der Waals surface area contributed by atoms with Crippen LogP contribution < -0.4 is 11.1 Å². The van der Waals surface area contributed by atoms with Gasteiger partial charge in [-0.1, -0.05) is 0 Å². The summed E-state index contributed by atoms with van der Waals surface area (Å²) in [6.45, 7) is 3.10. The Bertz CT molecular complexity index is 183. The lowest BCUT2D eigenvalue weighted by Crippen LogP contribution is -2.25. The van der Waals surface area contributed by atoms with E-state index in [1.165, 1.54) is 0 Å². The van der Waals surface area contributed by atoms with Crippen molar-refractivity contribution >= 4 is 11.9 Å². The van der Waals surface area contributed by atoms with E-state index in [1.807, 2.05) is 0 Å². The molecule has 0 aromatic heterocycles. The second-order valence-electron chi connectivity index (χ2n) is 2.91. The third-order valence-corrected chi connectivity index (χ3v) is 1.60. The van der Waals surface area contributed by atoms with Crippen LogP contribution in [0.1, 0.15) is 26.2 Å². The van der Waals surface area contributed by atoms with Gasteiger partial charge < -0.3 is 15.8 Å². The first-order valence-corrected chi connectivity index (χ1v) is 4.81. The highest BCUT2D eigenvalue weighted by Gasteiger charge is 1.99. The predicted molar refractivity (Wildman–Crippen MR) is 52.5 cm³/mol. The van der Waals surface area contributed by atoms with Crippen molar-refractivity contribution in [2.75, 3.05) is 19.7 Å². The topological polar surface area (TPSA) is 81.4 Å². The number of nitrogens with two attached hydrogens (primary N) is 1. The Morgan fingerprint density at radius 3 is 2.64 bits per heavy atom. The van der Waals surface area contributed by atoms with Crippen molar-refractivity contribution in [1.82, 2.24) is 5.32 Å². The Labute approximate surface area is 84.0 Å². The van der Waals surface area contributed by atoms with Gasteiger partial charge in [-0.05, 0) is 26.3 Å². The van der Waals surface area contributed by atoms with Gasteiger partial charge in [-0.3, -0.25) is 9.59 Å². The quantitative estimate of drug-likeness (QED) is 0.421. The van der Waals surface area contributed by atoms with Gasteiger partial charge in [0.1, 0.15) is 0 Å². The highest BCUT2D eigenvalue weighted by atomic mass is 16.5. The summed E-state index contributed by atoms with van der Waals surface area (Å²) in [7, 11) is 0. The fourth-order valence-corrected chi connectivity index (χ4v) is 0.952. The monoisotopic (exact) mass is 202 g/mol. The summed E-state index contributed by atoms with van der Waals surface area (Å²) >= 11 is 0. The molecule has 1 amide bonds. The summed E-state index contributed by atoms with van der Waals surface area (Å²) in [5.74, 6) is -0.530. The highest BCUT2D eigenvalue weighted by molar-refractivity contribution is 5.73. The summed E-state index contributed by atoms with van der Waals surface area (Å²) in [5, 5.41) is 2.92. The number of esters is 1. The maximum absolute atomic E-state index is 10.8. The van der Waals surface area contributed by atoms with Crippen molar-refractivity contribution in [3.8, 4) is 0 Å². The first-order valence-electron chi connectivity index (χ1n) is 4.81. The number of ether oxygens (including phenoxy) is 1. The van der Waals surface area contributed by atoms with Crippen LogP contribution in [0.25, 0.3) is 0 Å². The molecular weight excluding hydrogens is 184 g/mol. The number of unbranched alkanes of at least 4 members (excludes halogenated alkanes) is 1. The van der Waals surface area contributed by atoms with E-state index in [9.17, 15) is 9.59 Å². The van der Waals surface area contributed by atoms with E-state index < -0.39 is 0 Å². The number of amides is 1. The van der Waals surface area contributed by atoms with Gasteiger partial charge >= 0.3 is 5.97 Å². The first-order chi connectivity index (χ1) is 6.66. The fraction of sp³-hybridized carbons (Fsp3) is 0.778. The molecule has 0 atom stereocenters. The molecule has 0 fully saturated rings. The van der Waals surface area contributed by atoms with E-state index in [0.29, 0.717) is 19.6 Å². The Morgan fingerprint density at radius 2 is 2.07 bits per heavy atom. The zero-order chi connectivity index (χ0) is 10.8. The van der Waals surface area contributed by atoms with Crippen LogP contribution in [0.3, 0.4) is 0 Å². The molecule has 0 rings (SSSR count). The van der Waals surface area contributed by atoms with Gasteiger partial charge in [-0.2, -0.15) is 0 Å². The number of hydrogen-bond acceptors (Lipinski definition) is 4. The number of carbonyl (C=O) groups excluding carboxylic acids is 2. The molecule has 0 heterocycles. The van der Waals surface area contributed by atoms with Gasteiger partial charge in [0.15, 0.2) is 0 Å². The van der Waals surface area contributed by atoms with E-state index in [4.69, 9.17) is 10.5 Å². The number of primary amides is 1. The van der Waals surface area contributed by atoms with Crippen LogP contribution in [0.5, 0.6) is 0 Å². The average Bonchev–Trinajstić information content (AvgIpc) is 2.11. The molecule has 0 radical (unpaired) electrons. The highest BCUT2D eigenvalue weighted by Crippen LogP contribution is 1.91. The molecule has 82 valence electrons. The summed E-state index contributed by atoms with van der Waals surface area (Å²) in [5.41, 5.74) is 4.96. The molecule has 3 N–H and O–H groups in total. The summed E-state index contributed by atoms with van der Waals surface area (Å²) in [4.78, 5) is 21.2. The molecule has 0 aliphatic rings. The van der Waals surface area contributed by atoms with Crippen LogP contribution in [0, 0.1) is 0 Å². The molecule has 5 nitrogen and oxygen atoms in total. The molecular formula is C9H18N2O3. The van der Waals surface area contributed by atoms with Crippen molar-refractivity contribution in [3.63, 3.8) is 0 Å². The minimum absolute atomic E-state index is 0.227. The summed E-state index contributed by atoms with van der Waals surface area (Å²) < 4.78 is 4.71. The Balaban J connectivity index is 3.13. The number of hydrogen-bond donors (Lipinski definition) is 2. The minimum Gasteiger partial charge on any atom is -0.465 e. The van der Waals surface area contributed by atoms with Crippen LogP contribution in [-0.2, 0) is 14.3 Å². The van der Waals surface area contributed by atoms with Gasteiger partial charge in [0.05, 0.1) is 13.2 Å². The van der Waals surface area contributed by atoms with Crippen molar-refractivity contribution in [1.29, 1.82) is 0 Å². The van der Waals surface area contributed by atoms with Crippen LogP contribution in [-0.4, -0.2) is 31.6 Å². The van der Waals surface area contributed by atoms with Crippen LogP contribution >= 0.6 is 0 Å². The third kappa shape index (κ3) is 8.99. The molecule has 0 aliphatic heterocycles. The first kappa shape index (κ1) is 12.9. The minimum atomic E-state index is -0.282. The van der Waals surface area contributed by atoms with E-state index in [1.54, 1.807) is 6.92 Å².